The largest absolute Gasteiger partial charge is 0.319 e. The monoisotopic (exact) mass is 473 g/mol. The standard InChI is InChI=1S/C26H21Cl2N5/c1-15-23(16-6-9-19(27)10-7-16)24(17-4-3-5-20(28)12-17)21-13-18(8-11-22(21)31-15)25(29)26-32-30-14-33(26)2/h3-14,25H,29H2,1-2H3. The Kier molecular flexibility index (Phi) is 5.62. The maximum absolute atomic E-state index is 6.58. The summed E-state index contributed by atoms with van der Waals surface area (Å²) in [5.74, 6) is 0.691. The third kappa shape index (κ3) is 4.00. The number of hydrogen-bond acceptors (Lipinski definition) is 4. The normalized spacial score (nSPS) is 12.3. The Morgan fingerprint density at radius 2 is 1.67 bits per heavy atom. The number of aromatic nitrogens is 4. The van der Waals surface area contributed by atoms with Crippen LogP contribution in [0.4, 0.5) is 0 Å². The van der Waals surface area contributed by atoms with Crippen LogP contribution in [0, 0.1) is 6.92 Å². The van der Waals surface area contributed by atoms with E-state index < -0.39 is 6.04 Å². The smallest absolute Gasteiger partial charge is 0.154 e. The number of halogens is 2. The molecule has 1 atom stereocenters. The highest BCUT2D eigenvalue weighted by atomic mass is 35.5. The second kappa shape index (κ2) is 8.60. The number of nitrogens with two attached hydrogens (primary N) is 1. The Labute approximate surface area is 201 Å². The first-order valence-electron chi connectivity index (χ1n) is 10.5. The van der Waals surface area contributed by atoms with E-state index in [9.17, 15) is 0 Å². The fraction of sp³-hybridized carbons (Fsp3) is 0.115. The molecular weight excluding hydrogens is 453 g/mol. The van der Waals surface area contributed by atoms with Crippen molar-refractivity contribution in [1.82, 2.24) is 19.7 Å². The average Bonchev–Trinajstić information content (AvgIpc) is 3.24. The minimum Gasteiger partial charge on any atom is -0.319 e. The lowest BCUT2D eigenvalue weighted by molar-refractivity contribution is 0.715. The Hall–Kier alpha value is -3.25. The van der Waals surface area contributed by atoms with Crippen molar-refractivity contribution >= 4 is 34.1 Å². The fourth-order valence-electron chi connectivity index (χ4n) is 4.23. The average molecular weight is 474 g/mol. The zero-order valence-electron chi connectivity index (χ0n) is 18.1. The van der Waals surface area contributed by atoms with Crippen LogP contribution in [0.2, 0.25) is 10.0 Å². The van der Waals surface area contributed by atoms with E-state index in [1.807, 2.05) is 73.1 Å². The van der Waals surface area contributed by atoms with Gasteiger partial charge in [-0.2, -0.15) is 0 Å². The summed E-state index contributed by atoms with van der Waals surface area (Å²) >= 11 is 12.6. The molecule has 0 bridgehead atoms. The van der Waals surface area contributed by atoms with Crippen molar-refractivity contribution in [3.63, 3.8) is 0 Å². The Morgan fingerprint density at radius 3 is 2.36 bits per heavy atom. The van der Waals surface area contributed by atoms with Gasteiger partial charge in [0.05, 0.1) is 11.6 Å². The van der Waals surface area contributed by atoms with Crippen LogP contribution in [-0.4, -0.2) is 19.7 Å². The zero-order valence-corrected chi connectivity index (χ0v) is 19.6. The summed E-state index contributed by atoms with van der Waals surface area (Å²) in [6.45, 7) is 2.02. The van der Waals surface area contributed by atoms with Gasteiger partial charge in [0.25, 0.3) is 0 Å². The Bertz CT molecular complexity index is 1470. The second-order valence-electron chi connectivity index (χ2n) is 8.02. The van der Waals surface area contributed by atoms with Crippen LogP contribution in [0.25, 0.3) is 33.2 Å². The van der Waals surface area contributed by atoms with E-state index in [4.69, 9.17) is 33.9 Å². The predicted octanol–water partition coefficient (Wildman–Crippen LogP) is 6.36. The van der Waals surface area contributed by atoms with Crippen molar-refractivity contribution in [3.05, 3.63) is 100 Å². The molecule has 0 radical (unpaired) electrons. The molecule has 2 N–H and O–H groups in total. The van der Waals surface area contributed by atoms with Crippen LogP contribution in [0.3, 0.4) is 0 Å². The maximum Gasteiger partial charge on any atom is 0.154 e. The van der Waals surface area contributed by atoms with Gasteiger partial charge in [0.1, 0.15) is 6.33 Å². The minimum atomic E-state index is -0.422. The van der Waals surface area contributed by atoms with Crippen LogP contribution in [0.5, 0.6) is 0 Å². The molecule has 5 nitrogen and oxygen atoms in total. The molecule has 33 heavy (non-hydrogen) atoms. The summed E-state index contributed by atoms with van der Waals surface area (Å²) < 4.78 is 1.83. The summed E-state index contributed by atoms with van der Waals surface area (Å²) in [5.41, 5.74) is 13.4. The number of fused-ring (bicyclic) bond motifs is 1. The first-order valence-corrected chi connectivity index (χ1v) is 11.2. The molecule has 3 aromatic carbocycles. The van der Waals surface area contributed by atoms with Crippen molar-refractivity contribution in [2.75, 3.05) is 0 Å². The van der Waals surface area contributed by atoms with Gasteiger partial charge < -0.3 is 10.3 Å². The van der Waals surface area contributed by atoms with Gasteiger partial charge in [-0.3, -0.25) is 4.98 Å². The lowest BCUT2D eigenvalue weighted by atomic mass is 9.89. The predicted molar refractivity (Wildman–Crippen MR) is 134 cm³/mol. The molecule has 164 valence electrons. The third-order valence-corrected chi connectivity index (χ3v) is 6.31. The molecule has 5 aromatic rings. The molecule has 0 aliphatic carbocycles. The summed E-state index contributed by atoms with van der Waals surface area (Å²) in [6, 6.07) is 21.4. The van der Waals surface area contributed by atoms with E-state index in [0.717, 1.165) is 44.4 Å². The molecule has 0 saturated carbocycles. The lowest BCUT2D eigenvalue weighted by Crippen LogP contribution is -2.16. The van der Waals surface area contributed by atoms with Crippen molar-refractivity contribution < 1.29 is 0 Å². The van der Waals surface area contributed by atoms with E-state index in [-0.39, 0.29) is 0 Å². The van der Waals surface area contributed by atoms with Crippen LogP contribution in [-0.2, 0) is 7.05 Å². The van der Waals surface area contributed by atoms with E-state index in [0.29, 0.717) is 15.9 Å². The van der Waals surface area contributed by atoms with Gasteiger partial charge in [-0.15, -0.1) is 10.2 Å². The van der Waals surface area contributed by atoms with E-state index in [1.165, 1.54) is 0 Å². The van der Waals surface area contributed by atoms with Crippen LogP contribution in [0.1, 0.15) is 23.1 Å². The van der Waals surface area contributed by atoms with Gasteiger partial charge >= 0.3 is 0 Å². The number of pyridine rings is 1. The molecule has 0 spiro atoms. The van der Waals surface area contributed by atoms with Gasteiger partial charge in [0.2, 0.25) is 0 Å². The second-order valence-corrected chi connectivity index (χ2v) is 8.89. The first-order chi connectivity index (χ1) is 15.9. The molecule has 7 heteroatoms. The molecule has 0 saturated heterocycles. The molecular formula is C26H21Cl2N5. The van der Waals surface area contributed by atoms with Crippen LogP contribution in [0.15, 0.2) is 73.1 Å². The quantitative estimate of drug-likeness (QED) is 0.329. The molecule has 0 fully saturated rings. The maximum atomic E-state index is 6.58. The zero-order chi connectivity index (χ0) is 23.1. The van der Waals surface area contributed by atoms with E-state index in [1.54, 1.807) is 6.33 Å². The Balaban J connectivity index is 1.82. The van der Waals surface area contributed by atoms with Crippen molar-refractivity contribution in [1.29, 1.82) is 0 Å². The molecule has 5 rings (SSSR count). The highest BCUT2D eigenvalue weighted by Gasteiger charge is 2.20. The summed E-state index contributed by atoms with van der Waals surface area (Å²) in [7, 11) is 1.89. The van der Waals surface area contributed by atoms with Gasteiger partial charge in [-0.25, -0.2) is 0 Å². The van der Waals surface area contributed by atoms with Crippen LogP contribution >= 0.6 is 23.2 Å². The molecule has 2 heterocycles. The molecule has 1 unspecified atom stereocenters. The van der Waals surface area contributed by atoms with Crippen LogP contribution < -0.4 is 5.73 Å². The number of benzene rings is 3. The van der Waals surface area contributed by atoms with Gasteiger partial charge in [0.15, 0.2) is 5.82 Å². The number of aryl methyl sites for hydroxylation is 2. The van der Waals surface area contributed by atoms with Crippen molar-refractivity contribution in [3.8, 4) is 22.3 Å². The molecule has 2 aromatic heterocycles. The van der Waals surface area contributed by atoms with Crippen molar-refractivity contribution in [2.45, 2.75) is 13.0 Å². The highest BCUT2D eigenvalue weighted by Crippen LogP contribution is 2.41. The number of hydrogen-bond donors (Lipinski definition) is 1. The summed E-state index contributed by atoms with van der Waals surface area (Å²) in [5, 5.41) is 10.5. The molecule has 0 aliphatic heterocycles. The fourth-order valence-corrected chi connectivity index (χ4v) is 4.55. The van der Waals surface area contributed by atoms with Gasteiger partial charge in [0, 0.05) is 39.3 Å². The van der Waals surface area contributed by atoms with Crippen molar-refractivity contribution in [2.24, 2.45) is 12.8 Å². The number of rotatable bonds is 4. The first kappa shape index (κ1) is 21.6. The van der Waals surface area contributed by atoms with Gasteiger partial charge in [-0.05, 0) is 60.0 Å². The summed E-state index contributed by atoms with van der Waals surface area (Å²) in [4.78, 5) is 4.92. The Morgan fingerprint density at radius 1 is 0.879 bits per heavy atom. The topological polar surface area (TPSA) is 69.6 Å². The third-order valence-electron chi connectivity index (χ3n) is 5.82. The minimum absolute atomic E-state index is 0.422. The van der Waals surface area contributed by atoms with E-state index in [2.05, 4.69) is 22.3 Å². The van der Waals surface area contributed by atoms with Gasteiger partial charge in [-0.1, -0.05) is 53.5 Å². The SMILES string of the molecule is Cc1nc2ccc(C(N)c3nncn3C)cc2c(-c2cccc(Cl)c2)c1-c1ccc(Cl)cc1. The number of nitrogens with zero attached hydrogens (tertiary/aromatic N) is 4. The highest BCUT2D eigenvalue weighted by molar-refractivity contribution is 6.31. The molecule has 0 amide bonds. The molecule has 0 aliphatic rings. The lowest BCUT2D eigenvalue weighted by Gasteiger charge is -2.19. The van der Waals surface area contributed by atoms with E-state index >= 15 is 0 Å². The summed E-state index contributed by atoms with van der Waals surface area (Å²) in [6.07, 6.45) is 1.65.